The number of hydrogen-bond donors (Lipinski definition) is 3. The summed E-state index contributed by atoms with van der Waals surface area (Å²) in [6.07, 6.45) is -2.64. The number of hydrogen-bond acceptors (Lipinski definition) is 5. The zero-order valence-electron chi connectivity index (χ0n) is 19.3. The summed E-state index contributed by atoms with van der Waals surface area (Å²) in [6.45, 7) is 0.245. The molecule has 2 amide bonds. The van der Waals surface area contributed by atoms with Gasteiger partial charge in [-0.25, -0.2) is 22.0 Å². The molecule has 0 unspecified atom stereocenters. The van der Waals surface area contributed by atoms with E-state index in [1.807, 2.05) is 0 Å². The number of rotatable bonds is 7. The Labute approximate surface area is 215 Å². The van der Waals surface area contributed by atoms with Crippen LogP contribution in [0.2, 0.25) is 5.02 Å². The van der Waals surface area contributed by atoms with Gasteiger partial charge in [0, 0.05) is 37.0 Å². The van der Waals surface area contributed by atoms with Crippen LogP contribution in [0.25, 0.3) is 0 Å². The summed E-state index contributed by atoms with van der Waals surface area (Å²) in [6, 6.07) is 2.64. The lowest BCUT2D eigenvalue weighted by Gasteiger charge is -2.46. The molecule has 3 heterocycles. The number of nitrogens with one attached hydrogen (secondary N) is 3. The number of H-pyrrole nitrogens is 1. The number of anilines is 1. The second-order valence-corrected chi connectivity index (χ2v) is 9.54. The maximum Gasteiger partial charge on any atom is 0.294 e. The average Bonchev–Trinajstić information content (AvgIpc) is 3.56. The Morgan fingerprint density at radius 2 is 1.92 bits per heavy atom. The highest BCUT2D eigenvalue weighted by Crippen LogP contribution is 2.51. The third-order valence-electron chi connectivity index (χ3n) is 6.63. The molecule has 200 valence electrons. The highest BCUT2D eigenvalue weighted by molar-refractivity contribution is 6.48. The molecular weight excluding hydrogens is 539 g/mol. The molecule has 0 bridgehead atoms. The van der Waals surface area contributed by atoms with Crippen LogP contribution in [0.15, 0.2) is 24.4 Å². The Balaban J connectivity index is 1.43. The molecule has 0 spiro atoms. The lowest BCUT2D eigenvalue weighted by Crippen LogP contribution is -2.61. The van der Waals surface area contributed by atoms with Crippen molar-refractivity contribution in [3.05, 3.63) is 63.4 Å². The summed E-state index contributed by atoms with van der Waals surface area (Å²) in [5, 5.41) is 13.9. The maximum atomic E-state index is 13.8. The van der Waals surface area contributed by atoms with Crippen LogP contribution < -0.4 is 10.6 Å². The van der Waals surface area contributed by atoms with Crippen molar-refractivity contribution >= 4 is 34.9 Å². The number of amides is 2. The van der Waals surface area contributed by atoms with Crippen LogP contribution in [-0.2, 0) is 23.3 Å². The van der Waals surface area contributed by atoms with E-state index in [0.29, 0.717) is 18.5 Å². The largest absolute Gasteiger partial charge is 0.340 e. The minimum atomic E-state index is -3.12. The maximum absolute atomic E-state index is 13.8. The van der Waals surface area contributed by atoms with Crippen molar-refractivity contribution in [2.45, 2.75) is 50.1 Å². The first kappa shape index (κ1) is 25.8. The standard InChI is InChI=1S/C23H18ClF5N6O3/c24-16-15(20(37)31-10-3-4-12(25)11(6-10)19(26)27)13-2-1-5-35(13)17(16)18(36)21(38)32-22(8-23(28,29)9-22)14-7-30-34-33-14/h3-4,6-7,19H,1-2,5,8-9H2,(H,31,37)(H,32,38)(H,30,33,34). The molecule has 5 rings (SSSR count). The molecule has 1 aliphatic carbocycles. The minimum Gasteiger partial charge on any atom is -0.340 e. The molecule has 0 atom stereocenters. The molecule has 38 heavy (non-hydrogen) atoms. The van der Waals surface area contributed by atoms with Gasteiger partial charge in [0.2, 0.25) is 0 Å². The van der Waals surface area contributed by atoms with Crippen molar-refractivity contribution in [1.29, 1.82) is 0 Å². The number of benzene rings is 1. The molecule has 15 heteroatoms. The van der Waals surface area contributed by atoms with Gasteiger partial charge in [-0.2, -0.15) is 0 Å². The number of carbonyl (C=O) groups excluding carboxylic acids is 3. The van der Waals surface area contributed by atoms with Crippen LogP contribution in [0.4, 0.5) is 27.6 Å². The zero-order chi connectivity index (χ0) is 27.4. The molecule has 1 aliphatic heterocycles. The number of Topliss-reactive ketones (excluding diaryl/α,β-unsaturated/α-hetero) is 1. The topological polar surface area (TPSA) is 122 Å². The van der Waals surface area contributed by atoms with E-state index in [0.717, 1.165) is 18.2 Å². The lowest BCUT2D eigenvalue weighted by molar-refractivity contribution is -0.148. The van der Waals surface area contributed by atoms with Gasteiger partial charge in [-0.05, 0) is 31.0 Å². The van der Waals surface area contributed by atoms with Gasteiger partial charge >= 0.3 is 0 Å². The van der Waals surface area contributed by atoms with Gasteiger partial charge in [-0.1, -0.05) is 16.8 Å². The van der Waals surface area contributed by atoms with Crippen molar-refractivity contribution in [3.63, 3.8) is 0 Å². The molecule has 3 aromatic rings. The van der Waals surface area contributed by atoms with Crippen LogP contribution >= 0.6 is 11.6 Å². The quantitative estimate of drug-likeness (QED) is 0.229. The van der Waals surface area contributed by atoms with Gasteiger partial charge in [-0.3, -0.25) is 19.5 Å². The lowest BCUT2D eigenvalue weighted by atomic mass is 9.71. The number of aromatic nitrogens is 4. The van der Waals surface area contributed by atoms with Crippen molar-refractivity contribution in [2.75, 3.05) is 5.32 Å². The fourth-order valence-electron chi connectivity index (χ4n) is 4.96. The zero-order valence-corrected chi connectivity index (χ0v) is 20.0. The summed E-state index contributed by atoms with van der Waals surface area (Å²) in [5.74, 6) is -7.47. The average molecular weight is 557 g/mol. The molecule has 2 aromatic heterocycles. The number of fused-ring (bicyclic) bond motifs is 1. The fraction of sp³-hybridized carbons (Fsp3) is 0.348. The van der Waals surface area contributed by atoms with E-state index in [-0.39, 0.29) is 34.2 Å². The van der Waals surface area contributed by atoms with Gasteiger partial charge in [0.05, 0.1) is 21.7 Å². The summed E-state index contributed by atoms with van der Waals surface area (Å²) >= 11 is 6.41. The minimum absolute atomic E-state index is 0.0265. The van der Waals surface area contributed by atoms with Gasteiger partial charge in [0.25, 0.3) is 29.9 Å². The molecule has 0 saturated heterocycles. The fourth-order valence-corrected chi connectivity index (χ4v) is 5.34. The van der Waals surface area contributed by atoms with Gasteiger partial charge < -0.3 is 15.2 Å². The Kier molecular flexibility index (Phi) is 6.24. The summed E-state index contributed by atoms with van der Waals surface area (Å²) in [7, 11) is 0. The number of ketones is 1. The predicted molar refractivity (Wildman–Crippen MR) is 122 cm³/mol. The first-order chi connectivity index (χ1) is 17.9. The third kappa shape index (κ3) is 4.31. The predicted octanol–water partition coefficient (Wildman–Crippen LogP) is 4.16. The van der Waals surface area contributed by atoms with E-state index in [1.54, 1.807) is 0 Å². The molecule has 3 N–H and O–H groups in total. The van der Waals surface area contributed by atoms with Gasteiger partial charge in [-0.15, -0.1) is 5.10 Å². The van der Waals surface area contributed by atoms with Crippen LogP contribution in [0.3, 0.4) is 0 Å². The third-order valence-corrected chi connectivity index (χ3v) is 6.99. The molecule has 9 nitrogen and oxygen atoms in total. The molecule has 0 radical (unpaired) electrons. The van der Waals surface area contributed by atoms with Crippen molar-refractivity contribution in [1.82, 2.24) is 25.3 Å². The smallest absolute Gasteiger partial charge is 0.294 e. The number of halogens is 6. The van der Waals surface area contributed by atoms with Crippen LogP contribution in [0, 0.1) is 5.82 Å². The molecule has 1 fully saturated rings. The summed E-state index contributed by atoms with van der Waals surface area (Å²) < 4.78 is 68.7. The Morgan fingerprint density at radius 1 is 1.18 bits per heavy atom. The van der Waals surface area contributed by atoms with E-state index in [2.05, 4.69) is 26.0 Å². The summed E-state index contributed by atoms with van der Waals surface area (Å²) in [5.41, 5.74) is -2.76. The second-order valence-electron chi connectivity index (χ2n) is 9.16. The molecule has 1 aromatic carbocycles. The van der Waals surface area contributed by atoms with E-state index < -0.39 is 59.7 Å². The van der Waals surface area contributed by atoms with Crippen molar-refractivity contribution in [3.8, 4) is 0 Å². The Morgan fingerprint density at radius 3 is 2.55 bits per heavy atom. The van der Waals surface area contributed by atoms with E-state index in [9.17, 15) is 36.3 Å². The van der Waals surface area contributed by atoms with Crippen molar-refractivity contribution in [2.24, 2.45) is 0 Å². The molecular formula is C23H18ClF5N6O3. The number of aromatic amines is 1. The Hall–Kier alpha value is -3.81. The van der Waals surface area contributed by atoms with Crippen LogP contribution in [-0.4, -0.2) is 43.5 Å². The van der Waals surface area contributed by atoms with Gasteiger partial charge in [0.15, 0.2) is 0 Å². The number of alkyl halides is 4. The normalized spacial score (nSPS) is 17.1. The molecule has 2 aliphatic rings. The highest BCUT2D eigenvalue weighted by atomic mass is 35.5. The highest BCUT2D eigenvalue weighted by Gasteiger charge is 2.60. The van der Waals surface area contributed by atoms with Crippen molar-refractivity contribution < 1.29 is 36.3 Å². The van der Waals surface area contributed by atoms with E-state index in [4.69, 9.17) is 11.6 Å². The SMILES string of the molecule is O=C(NC1(c2c[nH]nn2)CC(F)(F)C1)C(=O)c1c(Cl)c(C(=O)Nc2ccc(F)c(C(F)F)c2)c2n1CCC2. The number of nitrogens with zero attached hydrogens (tertiary/aromatic N) is 3. The summed E-state index contributed by atoms with van der Waals surface area (Å²) in [4.78, 5) is 39.3. The van der Waals surface area contributed by atoms with E-state index >= 15 is 0 Å². The first-order valence-corrected chi connectivity index (χ1v) is 11.7. The van der Waals surface area contributed by atoms with Crippen LogP contribution in [0.5, 0.6) is 0 Å². The van der Waals surface area contributed by atoms with Crippen LogP contribution in [0.1, 0.15) is 63.5 Å². The Bertz CT molecular complexity index is 1450. The monoisotopic (exact) mass is 556 g/mol. The second kappa shape index (κ2) is 9.19. The number of carbonyl (C=O) groups is 3. The van der Waals surface area contributed by atoms with Gasteiger partial charge in [0.1, 0.15) is 17.2 Å². The first-order valence-electron chi connectivity index (χ1n) is 11.3. The molecule has 1 saturated carbocycles. The van der Waals surface area contributed by atoms with E-state index in [1.165, 1.54) is 10.8 Å².